The van der Waals surface area contributed by atoms with Crippen molar-refractivity contribution in [1.29, 1.82) is 0 Å². The zero-order valence-corrected chi connectivity index (χ0v) is 13.2. The normalized spacial score (nSPS) is 21.1. The Morgan fingerprint density at radius 3 is 3.25 bits per heavy atom. The summed E-state index contributed by atoms with van der Waals surface area (Å²) < 4.78 is 0. The number of guanidine groups is 1. The molecule has 5 heteroatoms. The average Bonchev–Trinajstić information content (AvgIpc) is 2.98. The average molecular weight is 294 g/mol. The number of rotatable bonds is 6. The zero-order chi connectivity index (χ0) is 14.2. The summed E-state index contributed by atoms with van der Waals surface area (Å²) in [7, 11) is 0. The lowest BCUT2D eigenvalue weighted by Crippen LogP contribution is -2.38. The molecule has 1 aromatic rings. The van der Waals surface area contributed by atoms with Crippen LogP contribution in [0.2, 0.25) is 0 Å². The Hall–Kier alpha value is -1.07. The second kappa shape index (κ2) is 8.27. The van der Waals surface area contributed by atoms with Gasteiger partial charge >= 0.3 is 0 Å². The van der Waals surface area contributed by atoms with E-state index in [0.717, 1.165) is 26.1 Å². The second-order valence-corrected chi connectivity index (χ2v) is 6.42. The highest BCUT2D eigenvalue weighted by Gasteiger charge is 2.18. The van der Waals surface area contributed by atoms with Crippen molar-refractivity contribution in [3.05, 3.63) is 22.4 Å². The number of nitrogens with one attached hydrogen (secondary N) is 1. The summed E-state index contributed by atoms with van der Waals surface area (Å²) in [6, 6.07) is 4.24. The predicted molar refractivity (Wildman–Crippen MR) is 87.4 cm³/mol. The minimum Gasteiger partial charge on any atom is -0.370 e. The molecule has 112 valence electrons. The lowest BCUT2D eigenvalue weighted by molar-refractivity contribution is 0.186. The van der Waals surface area contributed by atoms with Crippen molar-refractivity contribution in [1.82, 2.24) is 10.2 Å². The van der Waals surface area contributed by atoms with Crippen LogP contribution in [0.1, 0.15) is 24.6 Å². The van der Waals surface area contributed by atoms with Gasteiger partial charge in [-0.1, -0.05) is 13.0 Å². The van der Waals surface area contributed by atoms with Crippen LogP contribution in [-0.4, -0.2) is 43.6 Å². The molecular weight excluding hydrogens is 268 g/mol. The first-order valence-corrected chi connectivity index (χ1v) is 8.44. The van der Waals surface area contributed by atoms with Crippen LogP contribution in [0.3, 0.4) is 0 Å². The van der Waals surface area contributed by atoms with Gasteiger partial charge in [0, 0.05) is 24.5 Å². The van der Waals surface area contributed by atoms with Crippen LogP contribution in [0.15, 0.2) is 22.5 Å². The van der Waals surface area contributed by atoms with Crippen LogP contribution in [0.5, 0.6) is 0 Å². The summed E-state index contributed by atoms with van der Waals surface area (Å²) >= 11 is 1.79. The minimum atomic E-state index is 0.593. The van der Waals surface area contributed by atoms with E-state index in [9.17, 15) is 0 Å². The lowest BCUT2D eigenvalue weighted by Gasteiger charge is -2.30. The third-order valence-electron chi connectivity index (χ3n) is 3.83. The fourth-order valence-corrected chi connectivity index (χ4v) is 3.35. The van der Waals surface area contributed by atoms with Gasteiger partial charge in [0.15, 0.2) is 5.96 Å². The lowest BCUT2D eigenvalue weighted by atomic mass is 9.98. The number of aliphatic imine (C=N–C) groups is 1. The molecule has 0 aliphatic carbocycles. The highest BCUT2D eigenvalue weighted by molar-refractivity contribution is 7.09. The van der Waals surface area contributed by atoms with Gasteiger partial charge in [0.25, 0.3) is 0 Å². The van der Waals surface area contributed by atoms with Crippen LogP contribution in [0.25, 0.3) is 0 Å². The number of likely N-dealkylation sites (tertiary alicyclic amines) is 1. The van der Waals surface area contributed by atoms with Crippen molar-refractivity contribution < 1.29 is 0 Å². The fraction of sp³-hybridized carbons (Fsp3) is 0.667. The van der Waals surface area contributed by atoms with E-state index >= 15 is 0 Å². The molecule has 2 heterocycles. The van der Waals surface area contributed by atoms with Gasteiger partial charge in [0.05, 0.1) is 0 Å². The van der Waals surface area contributed by atoms with Gasteiger partial charge in [-0.05, 0) is 49.7 Å². The monoisotopic (exact) mass is 294 g/mol. The number of hydrogen-bond donors (Lipinski definition) is 2. The van der Waals surface area contributed by atoms with E-state index in [1.165, 1.54) is 30.8 Å². The molecule has 20 heavy (non-hydrogen) atoms. The first-order chi connectivity index (χ1) is 9.78. The van der Waals surface area contributed by atoms with Crippen molar-refractivity contribution in [2.24, 2.45) is 16.6 Å². The molecule has 1 aliphatic rings. The fourth-order valence-electron chi connectivity index (χ4n) is 2.64. The van der Waals surface area contributed by atoms with Crippen LogP contribution in [0, 0.1) is 5.92 Å². The summed E-state index contributed by atoms with van der Waals surface area (Å²) in [6.45, 7) is 7.50. The van der Waals surface area contributed by atoms with Gasteiger partial charge in [0.1, 0.15) is 0 Å². The molecule has 1 fully saturated rings. The molecule has 0 bridgehead atoms. The molecule has 0 saturated carbocycles. The third-order valence-corrected chi connectivity index (χ3v) is 4.76. The highest BCUT2D eigenvalue weighted by atomic mass is 32.1. The van der Waals surface area contributed by atoms with E-state index in [-0.39, 0.29) is 0 Å². The number of hydrogen-bond acceptors (Lipinski definition) is 3. The smallest absolute Gasteiger partial charge is 0.188 e. The maximum Gasteiger partial charge on any atom is 0.188 e. The van der Waals surface area contributed by atoms with Crippen molar-refractivity contribution in [3.63, 3.8) is 0 Å². The second-order valence-electron chi connectivity index (χ2n) is 5.38. The molecule has 1 aliphatic heterocycles. The first kappa shape index (κ1) is 15.3. The molecule has 1 atom stereocenters. The minimum absolute atomic E-state index is 0.593. The van der Waals surface area contributed by atoms with Crippen LogP contribution in [0.4, 0.5) is 0 Å². The molecule has 3 N–H and O–H groups in total. The van der Waals surface area contributed by atoms with Gasteiger partial charge in [-0.2, -0.15) is 0 Å². The largest absolute Gasteiger partial charge is 0.370 e. The molecule has 4 nitrogen and oxygen atoms in total. The molecule has 1 unspecified atom stereocenters. The van der Waals surface area contributed by atoms with Crippen molar-refractivity contribution in [2.45, 2.75) is 26.2 Å². The Kier molecular flexibility index (Phi) is 6.33. The summed E-state index contributed by atoms with van der Waals surface area (Å²) in [4.78, 5) is 8.38. The molecule has 1 saturated heterocycles. The Labute approximate surface area is 126 Å². The number of piperidine rings is 1. The van der Waals surface area contributed by atoms with Crippen LogP contribution >= 0.6 is 11.3 Å². The molecule has 0 aromatic carbocycles. The summed E-state index contributed by atoms with van der Waals surface area (Å²) in [5.74, 6) is 1.26. The van der Waals surface area contributed by atoms with E-state index < -0.39 is 0 Å². The zero-order valence-electron chi connectivity index (χ0n) is 12.3. The number of nitrogens with zero attached hydrogens (tertiary/aromatic N) is 2. The van der Waals surface area contributed by atoms with E-state index in [0.29, 0.717) is 11.9 Å². The quantitative estimate of drug-likeness (QED) is 0.622. The van der Waals surface area contributed by atoms with E-state index in [1.807, 2.05) is 0 Å². The van der Waals surface area contributed by atoms with Gasteiger partial charge < -0.3 is 16.0 Å². The van der Waals surface area contributed by atoms with Gasteiger partial charge in [-0.3, -0.25) is 4.99 Å². The molecular formula is C15H26N4S. The van der Waals surface area contributed by atoms with Gasteiger partial charge in [0.2, 0.25) is 0 Å². The van der Waals surface area contributed by atoms with Crippen LogP contribution in [-0.2, 0) is 6.42 Å². The van der Waals surface area contributed by atoms with Crippen LogP contribution < -0.4 is 11.1 Å². The molecule has 0 amide bonds. The van der Waals surface area contributed by atoms with E-state index in [1.54, 1.807) is 11.3 Å². The van der Waals surface area contributed by atoms with Gasteiger partial charge in [-0.15, -0.1) is 11.3 Å². The number of nitrogens with two attached hydrogens (primary N) is 1. The Morgan fingerprint density at radius 1 is 1.60 bits per heavy atom. The SMILES string of the molecule is CCN1CCCC(CN=C(N)NCCc2cccs2)C1. The Balaban J connectivity index is 1.65. The summed E-state index contributed by atoms with van der Waals surface area (Å²) in [5.41, 5.74) is 5.93. The number of thiophene rings is 1. The van der Waals surface area contributed by atoms with Crippen molar-refractivity contribution in [2.75, 3.05) is 32.7 Å². The summed E-state index contributed by atoms with van der Waals surface area (Å²) in [6.07, 6.45) is 3.59. The first-order valence-electron chi connectivity index (χ1n) is 7.56. The standard InChI is InChI=1S/C15H26N4S/c1-2-19-9-3-5-13(12-19)11-18-15(16)17-8-7-14-6-4-10-20-14/h4,6,10,13H,2-3,5,7-9,11-12H2,1H3,(H3,16,17,18). The summed E-state index contributed by atoms with van der Waals surface area (Å²) in [5, 5.41) is 5.31. The maximum absolute atomic E-state index is 5.93. The third kappa shape index (κ3) is 5.13. The Bertz CT molecular complexity index is 402. The topological polar surface area (TPSA) is 53.6 Å². The van der Waals surface area contributed by atoms with Crippen molar-refractivity contribution in [3.8, 4) is 0 Å². The molecule has 0 radical (unpaired) electrons. The van der Waals surface area contributed by atoms with Gasteiger partial charge in [-0.25, -0.2) is 0 Å². The predicted octanol–water partition coefficient (Wildman–Crippen LogP) is 1.93. The highest BCUT2D eigenvalue weighted by Crippen LogP contribution is 2.16. The Morgan fingerprint density at radius 2 is 2.50 bits per heavy atom. The molecule has 1 aromatic heterocycles. The molecule has 0 spiro atoms. The van der Waals surface area contributed by atoms with E-state index in [2.05, 4.69) is 39.6 Å². The maximum atomic E-state index is 5.93. The molecule has 2 rings (SSSR count). The van der Waals surface area contributed by atoms with E-state index in [4.69, 9.17) is 5.73 Å². The van der Waals surface area contributed by atoms with Crippen molar-refractivity contribution >= 4 is 17.3 Å².